The van der Waals surface area contributed by atoms with Crippen molar-refractivity contribution in [2.24, 2.45) is 0 Å². The largest absolute Gasteiger partial charge is 0.476 e. The Morgan fingerprint density at radius 3 is 2.76 bits per heavy atom. The molecule has 0 fully saturated rings. The van der Waals surface area contributed by atoms with Gasteiger partial charge in [0.15, 0.2) is 5.69 Å². The van der Waals surface area contributed by atoms with Crippen molar-refractivity contribution in [2.45, 2.75) is 6.92 Å². The van der Waals surface area contributed by atoms with Crippen molar-refractivity contribution < 1.29 is 14.3 Å². The number of aromatic amines is 1. The SMILES string of the molecule is Cc1[nH]c(-c2c(F)cccc2Cl)nc1C(=O)O. The number of hydrogen-bond donors (Lipinski definition) is 2. The number of benzene rings is 1. The number of nitrogens with one attached hydrogen (secondary N) is 1. The summed E-state index contributed by atoms with van der Waals surface area (Å²) in [5.74, 6) is -1.61. The second-order valence-corrected chi connectivity index (χ2v) is 3.87. The van der Waals surface area contributed by atoms with Gasteiger partial charge in [-0.15, -0.1) is 0 Å². The van der Waals surface area contributed by atoms with E-state index in [1.165, 1.54) is 18.2 Å². The zero-order valence-corrected chi connectivity index (χ0v) is 9.55. The molecule has 88 valence electrons. The Labute approximate surface area is 101 Å². The fourth-order valence-electron chi connectivity index (χ4n) is 1.51. The summed E-state index contributed by atoms with van der Waals surface area (Å²) < 4.78 is 13.6. The average molecular weight is 255 g/mol. The van der Waals surface area contributed by atoms with Gasteiger partial charge in [0.05, 0.1) is 10.6 Å². The molecule has 17 heavy (non-hydrogen) atoms. The van der Waals surface area contributed by atoms with Crippen molar-refractivity contribution in [3.8, 4) is 11.4 Å². The standard InChI is InChI=1S/C11H8ClFN2O2/c1-5-9(11(16)17)15-10(14-5)8-6(12)3-2-4-7(8)13/h2-4H,1H3,(H,14,15)(H,16,17). The molecule has 4 nitrogen and oxygen atoms in total. The zero-order chi connectivity index (χ0) is 12.6. The maximum absolute atomic E-state index is 13.6. The third-order valence-corrected chi connectivity index (χ3v) is 2.60. The minimum Gasteiger partial charge on any atom is -0.476 e. The van der Waals surface area contributed by atoms with E-state index in [0.29, 0.717) is 5.69 Å². The quantitative estimate of drug-likeness (QED) is 0.866. The van der Waals surface area contributed by atoms with E-state index in [-0.39, 0.29) is 22.1 Å². The van der Waals surface area contributed by atoms with E-state index >= 15 is 0 Å². The van der Waals surface area contributed by atoms with Gasteiger partial charge in [-0.2, -0.15) is 0 Å². The fourth-order valence-corrected chi connectivity index (χ4v) is 1.76. The molecule has 0 aliphatic carbocycles. The Balaban J connectivity index is 2.62. The van der Waals surface area contributed by atoms with Gasteiger partial charge in [0.1, 0.15) is 11.6 Å². The lowest BCUT2D eigenvalue weighted by atomic mass is 10.2. The second-order valence-electron chi connectivity index (χ2n) is 3.46. The van der Waals surface area contributed by atoms with E-state index in [9.17, 15) is 9.18 Å². The summed E-state index contributed by atoms with van der Waals surface area (Å²) in [4.78, 5) is 17.4. The normalized spacial score (nSPS) is 10.5. The van der Waals surface area contributed by atoms with Gasteiger partial charge < -0.3 is 10.1 Å². The number of hydrogen-bond acceptors (Lipinski definition) is 2. The van der Waals surface area contributed by atoms with Crippen LogP contribution in [0.15, 0.2) is 18.2 Å². The molecule has 2 rings (SSSR count). The van der Waals surface area contributed by atoms with E-state index in [1.807, 2.05) is 0 Å². The molecule has 2 N–H and O–H groups in total. The predicted molar refractivity (Wildman–Crippen MR) is 60.7 cm³/mol. The molecule has 0 aliphatic heterocycles. The number of carbonyl (C=O) groups is 1. The first-order valence-electron chi connectivity index (χ1n) is 4.75. The third kappa shape index (κ3) is 2.01. The first kappa shape index (κ1) is 11.6. The van der Waals surface area contributed by atoms with Gasteiger partial charge in [0.2, 0.25) is 0 Å². The van der Waals surface area contributed by atoms with E-state index in [4.69, 9.17) is 16.7 Å². The summed E-state index contributed by atoms with van der Waals surface area (Å²) >= 11 is 5.86. The van der Waals surface area contributed by atoms with E-state index in [0.717, 1.165) is 0 Å². The molecule has 6 heteroatoms. The molecule has 0 aliphatic rings. The smallest absolute Gasteiger partial charge is 0.356 e. The number of aryl methyl sites for hydroxylation is 1. The molecule has 0 saturated carbocycles. The lowest BCUT2D eigenvalue weighted by Gasteiger charge is -2.01. The highest BCUT2D eigenvalue weighted by Gasteiger charge is 2.18. The Kier molecular flexibility index (Phi) is 2.85. The Hall–Kier alpha value is -1.88. The van der Waals surface area contributed by atoms with Crippen LogP contribution in [-0.2, 0) is 0 Å². The van der Waals surface area contributed by atoms with E-state index in [2.05, 4.69) is 9.97 Å². The Bertz CT molecular complexity index is 575. The maximum atomic E-state index is 13.6. The number of H-pyrrole nitrogens is 1. The summed E-state index contributed by atoms with van der Waals surface area (Å²) in [6.07, 6.45) is 0. The van der Waals surface area contributed by atoms with Crippen molar-refractivity contribution in [1.29, 1.82) is 0 Å². The van der Waals surface area contributed by atoms with Crippen LogP contribution < -0.4 is 0 Å². The second kappa shape index (κ2) is 4.18. The first-order valence-corrected chi connectivity index (χ1v) is 5.12. The maximum Gasteiger partial charge on any atom is 0.356 e. The van der Waals surface area contributed by atoms with E-state index in [1.54, 1.807) is 6.92 Å². The van der Waals surface area contributed by atoms with Crippen molar-refractivity contribution in [3.05, 3.63) is 40.4 Å². The summed E-state index contributed by atoms with van der Waals surface area (Å²) in [6, 6.07) is 4.22. The summed E-state index contributed by atoms with van der Waals surface area (Å²) in [6.45, 7) is 1.55. The van der Waals surface area contributed by atoms with Gasteiger partial charge >= 0.3 is 5.97 Å². The lowest BCUT2D eigenvalue weighted by molar-refractivity contribution is 0.0690. The fraction of sp³-hybridized carbons (Fsp3) is 0.0909. The van der Waals surface area contributed by atoms with Crippen LogP contribution in [0.5, 0.6) is 0 Å². The molecule has 1 aromatic heterocycles. The monoisotopic (exact) mass is 254 g/mol. The van der Waals surface area contributed by atoms with Crippen LogP contribution >= 0.6 is 11.6 Å². The van der Waals surface area contributed by atoms with Gasteiger partial charge in [0.25, 0.3) is 0 Å². The first-order chi connectivity index (χ1) is 8.00. The van der Waals surface area contributed by atoms with Crippen LogP contribution in [0.25, 0.3) is 11.4 Å². The molecule has 0 saturated heterocycles. The molecule has 1 heterocycles. The number of nitrogens with zero attached hydrogens (tertiary/aromatic N) is 1. The van der Waals surface area contributed by atoms with Crippen LogP contribution in [0.3, 0.4) is 0 Å². The van der Waals surface area contributed by atoms with Gasteiger partial charge in [-0.1, -0.05) is 17.7 Å². The molecule has 0 unspecified atom stereocenters. The third-order valence-electron chi connectivity index (χ3n) is 2.29. The number of carboxylic acid groups (broad SMARTS) is 1. The molecular weight excluding hydrogens is 247 g/mol. The average Bonchev–Trinajstić information content (AvgIpc) is 2.60. The van der Waals surface area contributed by atoms with Crippen molar-refractivity contribution >= 4 is 17.6 Å². The van der Waals surface area contributed by atoms with Crippen LogP contribution in [0.4, 0.5) is 4.39 Å². The molecule has 1 aromatic carbocycles. The summed E-state index contributed by atoms with van der Waals surface area (Å²) in [5, 5.41) is 9.03. The predicted octanol–water partition coefficient (Wildman–Crippen LogP) is 2.88. The molecule has 0 spiro atoms. The van der Waals surface area contributed by atoms with Crippen molar-refractivity contribution in [1.82, 2.24) is 9.97 Å². The number of halogens is 2. The molecule has 0 amide bonds. The molecule has 2 aromatic rings. The van der Waals surface area contributed by atoms with Crippen LogP contribution in [-0.4, -0.2) is 21.0 Å². The highest BCUT2D eigenvalue weighted by atomic mass is 35.5. The van der Waals surface area contributed by atoms with E-state index < -0.39 is 11.8 Å². The number of rotatable bonds is 2. The van der Waals surface area contributed by atoms with Crippen LogP contribution in [0.2, 0.25) is 5.02 Å². The number of carboxylic acids is 1. The van der Waals surface area contributed by atoms with Gasteiger partial charge in [-0.3, -0.25) is 0 Å². The Morgan fingerprint density at radius 1 is 1.53 bits per heavy atom. The van der Waals surface area contributed by atoms with Gasteiger partial charge in [-0.05, 0) is 19.1 Å². The topological polar surface area (TPSA) is 66.0 Å². The lowest BCUT2D eigenvalue weighted by Crippen LogP contribution is -1.98. The number of imidazole rings is 1. The molecular formula is C11H8ClFN2O2. The van der Waals surface area contributed by atoms with Crippen molar-refractivity contribution in [2.75, 3.05) is 0 Å². The highest BCUT2D eigenvalue weighted by molar-refractivity contribution is 6.33. The number of aromatic nitrogens is 2. The Morgan fingerprint density at radius 2 is 2.24 bits per heavy atom. The molecule has 0 bridgehead atoms. The zero-order valence-electron chi connectivity index (χ0n) is 8.79. The molecule has 0 radical (unpaired) electrons. The minimum atomic E-state index is -1.17. The van der Waals surface area contributed by atoms with Crippen LogP contribution in [0.1, 0.15) is 16.2 Å². The summed E-state index contributed by atoms with van der Waals surface area (Å²) in [5.41, 5.74) is 0.288. The minimum absolute atomic E-state index is 0.0739. The molecule has 0 atom stereocenters. The van der Waals surface area contributed by atoms with Crippen molar-refractivity contribution in [3.63, 3.8) is 0 Å². The van der Waals surface area contributed by atoms with Gasteiger partial charge in [-0.25, -0.2) is 14.2 Å². The highest BCUT2D eigenvalue weighted by Crippen LogP contribution is 2.29. The summed E-state index contributed by atoms with van der Waals surface area (Å²) in [7, 11) is 0. The number of aromatic carboxylic acids is 1. The van der Waals surface area contributed by atoms with Crippen LogP contribution in [0, 0.1) is 12.7 Å². The van der Waals surface area contributed by atoms with Gasteiger partial charge in [0, 0.05) is 5.69 Å².